The first-order chi connectivity index (χ1) is 16.1. The van der Waals surface area contributed by atoms with Gasteiger partial charge >= 0.3 is 0 Å². The summed E-state index contributed by atoms with van der Waals surface area (Å²) in [6.45, 7) is 3.89. The third-order valence-electron chi connectivity index (χ3n) is 6.05. The van der Waals surface area contributed by atoms with Gasteiger partial charge in [-0.25, -0.2) is 9.67 Å². The van der Waals surface area contributed by atoms with Gasteiger partial charge in [0.15, 0.2) is 0 Å². The number of aromatic nitrogens is 6. The zero-order chi connectivity index (χ0) is 22.8. The van der Waals surface area contributed by atoms with E-state index in [1.807, 2.05) is 55.1 Å². The Morgan fingerprint density at radius 3 is 2.67 bits per heavy atom. The van der Waals surface area contributed by atoms with E-state index in [2.05, 4.69) is 30.4 Å². The monoisotopic (exact) mass is 439 g/mol. The summed E-state index contributed by atoms with van der Waals surface area (Å²) < 4.78 is 1.85. The van der Waals surface area contributed by atoms with Gasteiger partial charge in [-0.2, -0.15) is 5.10 Å². The molecule has 3 heterocycles. The van der Waals surface area contributed by atoms with Gasteiger partial charge in [0.25, 0.3) is 5.91 Å². The first-order valence-electron chi connectivity index (χ1n) is 11.1. The van der Waals surface area contributed by atoms with Gasteiger partial charge in [0.05, 0.1) is 29.3 Å². The summed E-state index contributed by atoms with van der Waals surface area (Å²) in [7, 11) is 0. The summed E-state index contributed by atoms with van der Waals surface area (Å²) >= 11 is 0. The molecular formula is C25H25N7O. The minimum atomic E-state index is -0.285. The van der Waals surface area contributed by atoms with Gasteiger partial charge in [0.2, 0.25) is 0 Å². The number of benzene rings is 1. The Labute approximate surface area is 192 Å². The van der Waals surface area contributed by atoms with Crippen LogP contribution in [0.15, 0.2) is 61.4 Å². The van der Waals surface area contributed by atoms with Crippen molar-refractivity contribution in [1.82, 2.24) is 35.0 Å². The quantitative estimate of drug-likeness (QED) is 0.484. The predicted molar refractivity (Wildman–Crippen MR) is 124 cm³/mol. The molecule has 8 heteroatoms. The highest BCUT2D eigenvalue weighted by molar-refractivity contribution is 5.96. The Balaban J connectivity index is 1.53. The Morgan fingerprint density at radius 1 is 1.09 bits per heavy atom. The molecule has 1 saturated carbocycles. The largest absolute Gasteiger partial charge is 0.344 e. The van der Waals surface area contributed by atoms with E-state index in [-0.39, 0.29) is 11.9 Å². The molecule has 1 fully saturated rings. The lowest BCUT2D eigenvalue weighted by Gasteiger charge is -2.25. The standard InChI is InChI=1S/C25H25N7O/c1-16-6-7-22(28-13-16)19-10-20(25(33)31-17(2)23-14-26-8-9-27-23)12-21(11-19)32-24(29-15-30-32)18-4-3-5-18/h6-15,17-18H,3-5H2,1-2H3,(H,31,33). The number of nitrogens with zero attached hydrogens (tertiary/aromatic N) is 6. The summed E-state index contributed by atoms with van der Waals surface area (Å²) in [5.74, 6) is 1.14. The van der Waals surface area contributed by atoms with E-state index < -0.39 is 0 Å². The molecule has 0 aliphatic heterocycles. The summed E-state index contributed by atoms with van der Waals surface area (Å²) in [5, 5.41) is 7.51. The van der Waals surface area contributed by atoms with Crippen LogP contribution in [0.25, 0.3) is 16.9 Å². The van der Waals surface area contributed by atoms with Crippen molar-refractivity contribution in [2.45, 2.75) is 45.1 Å². The van der Waals surface area contributed by atoms with E-state index in [1.165, 1.54) is 6.42 Å². The third kappa shape index (κ3) is 4.37. The first kappa shape index (κ1) is 20.9. The van der Waals surface area contributed by atoms with Gasteiger partial charge in [0, 0.05) is 35.6 Å². The van der Waals surface area contributed by atoms with Crippen LogP contribution in [0.5, 0.6) is 0 Å². The van der Waals surface area contributed by atoms with Crippen LogP contribution in [-0.4, -0.2) is 35.6 Å². The van der Waals surface area contributed by atoms with E-state index in [0.29, 0.717) is 17.2 Å². The number of aryl methyl sites for hydroxylation is 1. The van der Waals surface area contributed by atoms with Crippen LogP contribution in [0.2, 0.25) is 0 Å². The molecule has 3 aromatic heterocycles. The lowest BCUT2D eigenvalue weighted by atomic mass is 9.85. The second kappa shape index (κ2) is 8.90. The molecule has 1 atom stereocenters. The van der Waals surface area contributed by atoms with Crippen molar-refractivity contribution in [3.8, 4) is 16.9 Å². The molecule has 1 aliphatic carbocycles. The summed E-state index contributed by atoms with van der Waals surface area (Å²) in [4.78, 5) is 30.7. The second-order valence-electron chi connectivity index (χ2n) is 8.47. The number of hydrogen-bond donors (Lipinski definition) is 1. The number of carbonyl (C=O) groups excluding carboxylic acids is 1. The molecule has 1 aliphatic rings. The molecule has 0 bridgehead atoms. The van der Waals surface area contributed by atoms with Gasteiger partial charge in [-0.3, -0.25) is 19.7 Å². The molecule has 1 unspecified atom stereocenters. The Kier molecular flexibility index (Phi) is 5.64. The SMILES string of the molecule is Cc1ccc(-c2cc(C(=O)NC(C)c3cnccn3)cc(-n3ncnc3C3CCC3)c2)nc1. The van der Waals surface area contributed by atoms with Crippen molar-refractivity contribution in [3.63, 3.8) is 0 Å². The van der Waals surface area contributed by atoms with Crippen LogP contribution < -0.4 is 5.32 Å². The highest BCUT2D eigenvalue weighted by Gasteiger charge is 2.25. The Morgan fingerprint density at radius 2 is 1.97 bits per heavy atom. The van der Waals surface area contributed by atoms with E-state index in [9.17, 15) is 4.79 Å². The van der Waals surface area contributed by atoms with E-state index in [4.69, 9.17) is 0 Å². The zero-order valence-electron chi connectivity index (χ0n) is 18.6. The minimum absolute atomic E-state index is 0.200. The third-order valence-corrected chi connectivity index (χ3v) is 6.05. The molecule has 5 rings (SSSR count). The van der Waals surface area contributed by atoms with Crippen molar-refractivity contribution in [2.75, 3.05) is 0 Å². The second-order valence-corrected chi connectivity index (χ2v) is 8.47. The van der Waals surface area contributed by atoms with Gasteiger partial charge in [-0.1, -0.05) is 12.5 Å². The predicted octanol–water partition coefficient (Wildman–Crippen LogP) is 4.19. The molecule has 0 spiro atoms. The van der Waals surface area contributed by atoms with Crippen molar-refractivity contribution < 1.29 is 4.79 Å². The number of amides is 1. The fourth-order valence-corrected chi connectivity index (χ4v) is 3.93. The van der Waals surface area contributed by atoms with Gasteiger partial charge in [0.1, 0.15) is 12.2 Å². The number of pyridine rings is 1. The van der Waals surface area contributed by atoms with Crippen LogP contribution in [0, 0.1) is 6.92 Å². The first-order valence-corrected chi connectivity index (χ1v) is 11.1. The number of carbonyl (C=O) groups is 1. The lowest BCUT2D eigenvalue weighted by Crippen LogP contribution is -2.27. The number of hydrogen-bond acceptors (Lipinski definition) is 6. The van der Waals surface area contributed by atoms with E-state index in [0.717, 1.165) is 41.2 Å². The molecule has 166 valence electrons. The fraction of sp³-hybridized carbons (Fsp3) is 0.280. The van der Waals surface area contributed by atoms with E-state index in [1.54, 1.807) is 24.9 Å². The summed E-state index contributed by atoms with van der Waals surface area (Å²) in [6.07, 6.45) is 11.7. The molecule has 1 N–H and O–H groups in total. The van der Waals surface area contributed by atoms with Crippen molar-refractivity contribution in [1.29, 1.82) is 0 Å². The highest BCUT2D eigenvalue weighted by atomic mass is 16.1. The average Bonchev–Trinajstić information content (AvgIpc) is 3.28. The molecule has 33 heavy (non-hydrogen) atoms. The lowest BCUT2D eigenvalue weighted by molar-refractivity contribution is 0.0939. The normalized spacial score (nSPS) is 14.5. The maximum absolute atomic E-state index is 13.2. The molecular weight excluding hydrogens is 414 g/mol. The van der Waals surface area contributed by atoms with Crippen molar-refractivity contribution in [3.05, 3.63) is 84.1 Å². The van der Waals surface area contributed by atoms with Crippen LogP contribution in [0.1, 0.15) is 65.6 Å². The van der Waals surface area contributed by atoms with Crippen molar-refractivity contribution >= 4 is 5.91 Å². The van der Waals surface area contributed by atoms with Crippen LogP contribution in [0.4, 0.5) is 0 Å². The maximum atomic E-state index is 13.2. The molecule has 8 nitrogen and oxygen atoms in total. The zero-order valence-corrected chi connectivity index (χ0v) is 18.6. The summed E-state index contributed by atoms with van der Waals surface area (Å²) in [6, 6.07) is 9.42. The molecule has 1 aromatic carbocycles. The molecule has 4 aromatic rings. The van der Waals surface area contributed by atoms with Gasteiger partial charge < -0.3 is 5.32 Å². The smallest absolute Gasteiger partial charge is 0.251 e. The minimum Gasteiger partial charge on any atom is -0.344 e. The van der Waals surface area contributed by atoms with Gasteiger partial charge in [-0.15, -0.1) is 0 Å². The van der Waals surface area contributed by atoms with Crippen LogP contribution >= 0.6 is 0 Å². The molecule has 1 amide bonds. The number of rotatable bonds is 6. The summed E-state index contributed by atoms with van der Waals surface area (Å²) in [5.41, 5.74) is 4.74. The molecule has 0 saturated heterocycles. The van der Waals surface area contributed by atoms with Gasteiger partial charge in [-0.05, 0) is 56.5 Å². The van der Waals surface area contributed by atoms with Crippen LogP contribution in [-0.2, 0) is 0 Å². The maximum Gasteiger partial charge on any atom is 0.251 e. The topological polar surface area (TPSA) is 98.5 Å². The number of nitrogens with one attached hydrogen (secondary N) is 1. The highest BCUT2D eigenvalue weighted by Crippen LogP contribution is 2.36. The average molecular weight is 440 g/mol. The fourth-order valence-electron chi connectivity index (χ4n) is 3.93. The Bertz CT molecular complexity index is 1260. The van der Waals surface area contributed by atoms with Crippen molar-refractivity contribution in [2.24, 2.45) is 0 Å². The Hall–Kier alpha value is -3.94. The van der Waals surface area contributed by atoms with Crippen LogP contribution in [0.3, 0.4) is 0 Å². The van der Waals surface area contributed by atoms with E-state index >= 15 is 0 Å². The molecule has 0 radical (unpaired) electrons.